The molecule has 0 spiro atoms. The van der Waals surface area contributed by atoms with Crippen molar-refractivity contribution >= 4 is 21.7 Å². The van der Waals surface area contributed by atoms with Gasteiger partial charge in [0, 0.05) is 0 Å². The van der Waals surface area contributed by atoms with Crippen LogP contribution in [-0.2, 0) is 10.0 Å². The second-order valence-corrected chi connectivity index (χ2v) is 6.05. The van der Waals surface area contributed by atoms with Gasteiger partial charge in [0.15, 0.2) is 0 Å². The predicted octanol–water partition coefficient (Wildman–Crippen LogP) is 2.63. The highest BCUT2D eigenvalue weighted by atomic mass is 32.2. The molecule has 110 valence electrons. The monoisotopic (exact) mass is 309 g/mol. The van der Waals surface area contributed by atoms with Gasteiger partial charge in [0.2, 0.25) is 0 Å². The number of halogens is 1. The molecule has 0 heterocycles. The second kappa shape index (κ2) is 5.53. The van der Waals surface area contributed by atoms with E-state index < -0.39 is 21.8 Å². The van der Waals surface area contributed by atoms with E-state index in [2.05, 4.69) is 4.72 Å². The van der Waals surface area contributed by atoms with E-state index in [4.69, 9.17) is 5.11 Å². The maximum absolute atomic E-state index is 13.7. The number of para-hydroxylation sites is 1. The van der Waals surface area contributed by atoms with Crippen LogP contribution >= 0.6 is 0 Å². The fraction of sp³-hybridized carbons (Fsp3) is 0.0714. The summed E-state index contributed by atoms with van der Waals surface area (Å²) in [7, 11) is -4.07. The number of sulfonamides is 1. The van der Waals surface area contributed by atoms with Crippen LogP contribution in [0.4, 0.5) is 10.1 Å². The first kappa shape index (κ1) is 15.0. The molecule has 0 aliphatic rings. The van der Waals surface area contributed by atoms with E-state index in [1.165, 1.54) is 24.3 Å². The van der Waals surface area contributed by atoms with Crippen LogP contribution in [0.25, 0.3) is 0 Å². The van der Waals surface area contributed by atoms with Crippen LogP contribution < -0.4 is 4.72 Å². The molecule has 0 unspecified atom stereocenters. The minimum Gasteiger partial charge on any atom is -0.478 e. The number of carboxylic acid groups (broad SMARTS) is 1. The highest BCUT2D eigenvalue weighted by Gasteiger charge is 2.19. The Morgan fingerprint density at radius 3 is 2.48 bits per heavy atom. The molecule has 0 aromatic heterocycles. The molecule has 0 aliphatic heterocycles. The molecule has 2 aromatic carbocycles. The van der Waals surface area contributed by atoms with Crippen molar-refractivity contribution in [3.63, 3.8) is 0 Å². The maximum Gasteiger partial charge on any atom is 0.335 e. The van der Waals surface area contributed by atoms with E-state index in [0.29, 0.717) is 5.56 Å². The number of nitrogens with one attached hydrogen (secondary N) is 1. The molecule has 0 aliphatic carbocycles. The molecule has 0 bridgehead atoms. The van der Waals surface area contributed by atoms with Crippen molar-refractivity contribution < 1.29 is 22.7 Å². The number of carboxylic acids is 1. The molecule has 0 fully saturated rings. The normalized spacial score (nSPS) is 11.1. The van der Waals surface area contributed by atoms with Crippen molar-refractivity contribution in [2.75, 3.05) is 4.72 Å². The third-order valence-electron chi connectivity index (χ3n) is 2.85. The molecule has 2 aromatic rings. The van der Waals surface area contributed by atoms with Crippen molar-refractivity contribution in [1.82, 2.24) is 0 Å². The average Bonchev–Trinajstić information content (AvgIpc) is 2.43. The van der Waals surface area contributed by atoms with Crippen molar-refractivity contribution in [1.29, 1.82) is 0 Å². The molecule has 2 N–H and O–H groups in total. The number of rotatable bonds is 4. The molecule has 0 radical (unpaired) electrons. The Morgan fingerprint density at radius 1 is 1.19 bits per heavy atom. The van der Waals surface area contributed by atoms with Crippen molar-refractivity contribution in [2.45, 2.75) is 11.8 Å². The summed E-state index contributed by atoms with van der Waals surface area (Å²) in [5.74, 6) is -1.94. The number of carbonyl (C=O) groups is 1. The van der Waals surface area contributed by atoms with Gasteiger partial charge in [-0.15, -0.1) is 0 Å². The number of benzene rings is 2. The van der Waals surface area contributed by atoms with Crippen molar-refractivity contribution in [3.8, 4) is 0 Å². The molecule has 0 saturated carbocycles. The smallest absolute Gasteiger partial charge is 0.335 e. The number of aromatic carboxylic acids is 1. The summed E-state index contributed by atoms with van der Waals surface area (Å²) in [6.45, 7) is 1.56. The van der Waals surface area contributed by atoms with Gasteiger partial charge in [-0.1, -0.05) is 18.2 Å². The van der Waals surface area contributed by atoms with Gasteiger partial charge in [-0.2, -0.15) is 0 Å². The quantitative estimate of drug-likeness (QED) is 0.909. The molecular weight excluding hydrogens is 297 g/mol. The molecule has 0 atom stereocenters. The summed E-state index contributed by atoms with van der Waals surface area (Å²) < 4.78 is 40.2. The summed E-state index contributed by atoms with van der Waals surface area (Å²) in [5, 5.41) is 8.88. The Hall–Kier alpha value is -2.41. The van der Waals surface area contributed by atoms with E-state index in [-0.39, 0.29) is 16.1 Å². The lowest BCUT2D eigenvalue weighted by Gasteiger charge is -2.11. The van der Waals surface area contributed by atoms with Gasteiger partial charge in [0.05, 0.1) is 16.1 Å². The van der Waals surface area contributed by atoms with Crippen LogP contribution in [0.3, 0.4) is 0 Å². The first-order valence-electron chi connectivity index (χ1n) is 5.92. The van der Waals surface area contributed by atoms with E-state index in [9.17, 15) is 17.6 Å². The van der Waals surface area contributed by atoms with Gasteiger partial charge in [0.25, 0.3) is 10.0 Å². The molecule has 0 amide bonds. The zero-order valence-corrected chi connectivity index (χ0v) is 11.8. The van der Waals surface area contributed by atoms with Gasteiger partial charge < -0.3 is 5.11 Å². The summed E-state index contributed by atoms with van der Waals surface area (Å²) in [6, 6.07) is 9.01. The largest absolute Gasteiger partial charge is 0.478 e. The van der Waals surface area contributed by atoms with Gasteiger partial charge >= 0.3 is 5.97 Å². The Bertz CT molecular complexity index is 782. The minimum atomic E-state index is -4.07. The standard InChI is InChI=1S/C14H12FNO4S/c1-9-4-2-7-12(15)13(9)16-21(19,20)11-6-3-5-10(8-11)14(17)18/h2-8,16H,1H3,(H,17,18). The van der Waals surface area contributed by atoms with E-state index in [1.807, 2.05) is 0 Å². The van der Waals surface area contributed by atoms with Crippen LogP contribution in [0.2, 0.25) is 0 Å². The van der Waals surface area contributed by atoms with Crippen LogP contribution in [0, 0.1) is 12.7 Å². The number of aryl methyl sites for hydroxylation is 1. The van der Waals surface area contributed by atoms with Gasteiger partial charge in [-0.25, -0.2) is 17.6 Å². The van der Waals surface area contributed by atoms with Crippen molar-refractivity contribution in [3.05, 3.63) is 59.4 Å². The van der Waals surface area contributed by atoms with Crippen molar-refractivity contribution in [2.24, 2.45) is 0 Å². The first-order valence-corrected chi connectivity index (χ1v) is 7.41. The van der Waals surface area contributed by atoms with Crippen LogP contribution in [0.15, 0.2) is 47.4 Å². The van der Waals surface area contributed by atoms with Gasteiger partial charge in [-0.05, 0) is 36.8 Å². The minimum absolute atomic E-state index is 0.154. The Morgan fingerprint density at radius 2 is 1.86 bits per heavy atom. The predicted molar refractivity (Wildman–Crippen MR) is 75.3 cm³/mol. The van der Waals surface area contributed by atoms with Crippen LogP contribution in [0.5, 0.6) is 0 Å². The Kier molecular flexibility index (Phi) is 3.95. The number of hydrogen-bond donors (Lipinski definition) is 2. The maximum atomic E-state index is 13.7. The summed E-state index contributed by atoms with van der Waals surface area (Å²) in [5.41, 5.74) is 0.106. The Balaban J connectivity index is 2.44. The second-order valence-electron chi connectivity index (χ2n) is 4.37. The lowest BCUT2D eigenvalue weighted by atomic mass is 10.2. The van der Waals surface area contributed by atoms with Gasteiger partial charge in [-0.3, -0.25) is 4.72 Å². The summed E-state index contributed by atoms with van der Waals surface area (Å²) >= 11 is 0. The highest BCUT2D eigenvalue weighted by molar-refractivity contribution is 7.92. The van der Waals surface area contributed by atoms with Gasteiger partial charge in [0.1, 0.15) is 5.82 Å². The zero-order valence-electron chi connectivity index (χ0n) is 11.0. The lowest BCUT2D eigenvalue weighted by Crippen LogP contribution is -2.15. The third-order valence-corrected chi connectivity index (χ3v) is 4.20. The van der Waals surface area contributed by atoms with E-state index in [0.717, 1.165) is 12.1 Å². The average molecular weight is 309 g/mol. The van der Waals surface area contributed by atoms with E-state index in [1.54, 1.807) is 13.0 Å². The number of anilines is 1. The molecule has 21 heavy (non-hydrogen) atoms. The summed E-state index contributed by atoms with van der Waals surface area (Å²) in [4.78, 5) is 10.6. The highest BCUT2D eigenvalue weighted by Crippen LogP contribution is 2.23. The lowest BCUT2D eigenvalue weighted by molar-refractivity contribution is 0.0696. The third kappa shape index (κ3) is 3.19. The molecular formula is C14H12FNO4S. The Labute approximate surface area is 121 Å². The molecule has 5 nitrogen and oxygen atoms in total. The SMILES string of the molecule is Cc1cccc(F)c1NS(=O)(=O)c1cccc(C(=O)O)c1. The fourth-order valence-corrected chi connectivity index (χ4v) is 2.94. The first-order chi connectivity index (χ1) is 9.81. The molecule has 7 heteroatoms. The zero-order chi connectivity index (χ0) is 15.6. The summed E-state index contributed by atoms with van der Waals surface area (Å²) in [6.07, 6.45) is 0. The van der Waals surface area contributed by atoms with Crippen LogP contribution in [0.1, 0.15) is 15.9 Å². The fourth-order valence-electron chi connectivity index (χ4n) is 1.75. The van der Waals surface area contributed by atoms with Crippen LogP contribution in [-0.4, -0.2) is 19.5 Å². The molecule has 2 rings (SSSR count). The number of hydrogen-bond acceptors (Lipinski definition) is 3. The topological polar surface area (TPSA) is 83.5 Å². The van der Waals surface area contributed by atoms with E-state index >= 15 is 0 Å². The molecule has 0 saturated heterocycles.